The highest BCUT2D eigenvalue weighted by molar-refractivity contribution is 8.00. The fourth-order valence-corrected chi connectivity index (χ4v) is 0.662. The summed E-state index contributed by atoms with van der Waals surface area (Å²) in [7, 11) is 0. The summed E-state index contributed by atoms with van der Waals surface area (Å²) in [5, 5.41) is -4.83. The smallest absolute Gasteiger partial charge is 0.302 e. The second-order valence-corrected chi connectivity index (χ2v) is 2.63. The van der Waals surface area contributed by atoms with E-state index in [4.69, 9.17) is 0 Å². The molecule has 11 heavy (non-hydrogen) atoms. The first-order valence-corrected chi connectivity index (χ1v) is 3.32. The van der Waals surface area contributed by atoms with Gasteiger partial charge in [0.2, 0.25) is 0 Å². The third-order valence-electron chi connectivity index (χ3n) is 0.663. The molecule has 0 aromatic carbocycles. The number of hydrogen-bond acceptors (Lipinski definition) is 2. The Bertz CT molecular complexity index is 142. The Balaban J connectivity index is 4.10. The Morgan fingerprint density at radius 1 is 1.18 bits per heavy atom. The minimum absolute atomic E-state index is 0.00961. The van der Waals surface area contributed by atoms with Crippen molar-refractivity contribution < 1.29 is 26.7 Å². The van der Waals surface area contributed by atoms with Crippen LogP contribution in [0.3, 0.4) is 0 Å². The van der Waals surface area contributed by atoms with Crippen molar-refractivity contribution in [3.8, 4) is 0 Å². The number of hydrogen-bond donors (Lipinski definition) is 0. The van der Waals surface area contributed by atoms with E-state index in [1.807, 2.05) is 0 Å². The molecule has 0 amide bonds. The number of thioether (sulfide) groups is 1. The molecule has 1 nitrogen and oxygen atoms in total. The predicted octanol–water partition coefficient (Wildman–Crippen LogP) is 2.07. The van der Waals surface area contributed by atoms with Crippen molar-refractivity contribution >= 4 is 18.0 Å². The molecule has 0 atom stereocenters. The van der Waals surface area contributed by atoms with E-state index < -0.39 is 28.9 Å². The van der Waals surface area contributed by atoms with E-state index in [2.05, 4.69) is 0 Å². The molecule has 0 saturated carbocycles. The van der Waals surface area contributed by atoms with Crippen LogP contribution in [0.4, 0.5) is 22.0 Å². The molecule has 0 aliphatic heterocycles. The average Bonchev–Trinajstić information content (AvgIpc) is 1.81. The van der Waals surface area contributed by atoms with Crippen LogP contribution in [0, 0.1) is 0 Å². The maximum atomic E-state index is 11.8. The second-order valence-electron chi connectivity index (χ2n) is 1.49. The van der Waals surface area contributed by atoms with Crippen LogP contribution in [-0.4, -0.2) is 23.5 Å². The number of carbonyl (C=O) groups excluding carboxylic acids is 1. The number of alkyl halides is 5. The van der Waals surface area contributed by atoms with Crippen molar-refractivity contribution in [2.45, 2.75) is 11.4 Å². The van der Waals surface area contributed by atoms with Crippen LogP contribution in [0.1, 0.15) is 0 Å². The van der Waals surface area contributed by atoms with Crippen molar-refractivity contribution in [1.82, 2.24) is 0 Å². The Labute approximate surface area is 62.9 Å². The highest BCUT2D eigenvalue weighted by Gasteiger charge is 2.57. The van der Waals surface area contributed by atoms with Crippen LogP contribution in [-0.2, 0) is 4.79 Å². The zero-order valence-electron chi connectivity index (χ0n) is 4.99. The molecule has 0 aromatic rings. The number of carbonyl (C=O) groups is 1. The van der Waals surface area contributed by atoms with E-state index in [9.17, 15) is 26.7 Å². The molecule has 0 radical (unpaired) electrons. The van der Waals surface area contributed by atoms with Crippen molar-refractivity contribution in [2.24, 2.45) is 0 Å². The van der Waals surface area contributed by atoms with Gasteiger partial charge in [-0.25, -0.2) is 0 Å². The summed E-state index contributed by atoms with van der Waals surface area (Å²) in [5.41, 5.74) is 0. The first kappa shape index (κ1) is 10.7. The molecule has 7 heteroatoms. The van der Waals surface area contributed by atoms with Crippen molar-refractivity contribution in [3.63, 3.8) is 0 Å². The zero-order chi connectivity index (χ0) is 9.12. The third-order valence-corrected chi connectivity index (χ3v) is 1.56. The summed E-state index contributed by atoms with van der Waals surface area (Å²) in [5.74, 6) is -0.869. The van der Waals surface area contributed by atoms with Gasteiger partial charge in [0.05, 0.1) is 5.75 Å². The molecular weight excluding hydrogens is 191 g/mol. The number of rotatable bonds is 3. The van der Waals surface area contributed by atoms with Gasteiger partial charge in [-0.15, -0.1) is 0 Å². The Morgan fingerprint density at radius 3 is 1.91 bits per heavy atom. The van der Waals surface area contributed by atoms with Gasteiger partial charge in [-0.05, 0) is 0 Å². The number of aldehydes is 1. The van der Waals surface area contributed by atoms with E-state index in [1.54, 1.807) is 0 Å². The molecule has 0 spiro atoms. The van der Waals surface area contributed by atoms with Crippen LogP contribution in [0.25, 0.3) is 0 Å². The molecule has 0 N–H and O–H groups in total. The summed E-state index contributed by atoms with van der Waals surface area (Å²) < 4.78 is 57.4. The summed E-state index contributed by atoms with van der Waals surface area (Å²) in [4.78, 5) is 9.46. The van der Waals surface area contributed by atoms with Crippen molar-refractivity contribution in [1.29, 1.82) is 0 Å². The topological polar surface area (TPSA) is 17.1 Å². The van der Waals surface area contributed by atoms with Crippen molar-refractivity contribution in [3.05, 3.63) is 0 Å². The van der Waals surface area contributed by atoms with Crippen LogP contribution < -0.4 is 0 Å². The summed E-state index contributed by atoms with van der Waals surface area (Å²) >= 11 is -0.741. The lowest BCUT2D eigenvalue weighted by Crippen LogP contribution is -2.33. The lowest BCUT2D eigenvalue weighted by molar-refractivity contribution is -0.237. The molecule has 0 fully saturated rings. The minimum Gasteiger partial charge on any atom is -0.302 e. The van der Waals surface area contributed by atoms with Gasteiger partial charge in [0, 0.05) is 0 Å². The highest BCUT2D eigenvalue weighted by Crippen LogP contribution is 2.43. The standard InChI is InChI=1S/C4H3F5OS/c5-3(6,7)4(8,9)11-2-1-10/h1H,2H2. The molecule has 0 aliphatic rings. The quantitative estimate of drug-likeness (QED) is 0.505. The summed E-state index contributed by atoms with van der Waals surface area (Å²) in [6.45, 7) is 0. The third kappa shape index (κ3) is 3.04. The van der Waals surface area contributed by atoms with E-state index >= 15 is 0 Å². The van der Waals surface area contributed by atoms with Gasteiger partial charge in [0.1, 0.15) is 6.29 Å². The minimum atomic E-state index is -5.58. The molecular formula is C4H3F5OS. The SMILES string of the molecule is O=CCSC(F)(F)C(F)(F)F. The molecule has 0 aliphatic carbocycles. The number of halogens is 5. The van der Waals surface area contributed by atoms with E-state index in [0.717, 1.165) is 0 Å². The summed E-state index contributed by atoms with van der Waals surface area (Å²) in [6, 6.07) is 0. The van der Waals surface area contributed by atoms with Gasteiger partial charge < -0.3 is 4.79 Å². The molecule has 0 aromatic heterocycles. The van der Waals surface area contributed by atoms with Crippen LogP contribution in [0.5, 0.6) is 0 Å². The average molecular weight is 194 g/mol. The largest absolute Gasteiger partial charge is 0.464 e. The predicted molar refractivity (Wildman–Crippen MR) is 29.5 cm³/mol. The monoisotopic (exact) mass is 194 g/mol. The van der Waals surface area contributed by atoms with Gasteiger partial charge in [0.25, 0.3) is 0 Å². The molecule has 0 saturated heterocycles. The second kappa shape index (κ2) is 3.38. The van der Waals surface area contributed by atoms with Gasteiger partial charge in [-0.2, -0.15) is 22.0 Å². The fourth-order valence-electron chi connectivity index (χ4n) is 0.221. The van der Waals surface area contributed by atoms with E-state index in [0.29, 0.717) is 0 Å². The summed E-state index contributed by atoms with van der Waals surface area (Å²) in [6.07, 6.45) is -5.59. The molecule has 0 bridgehead atoms. The van der Waals surface area contributed by atoms with Gasteiger partial charge in [-0.3, -0.25) is 0 Å². The van der Waals surface area contributed by atoms with Crippen LogP contribution in [0.15, 0.2) is 0 Å². The first-order valence-electron chi connectivity index (χ1n) is 2.33. The van der Waals surface area contributed by atoms with Gasteiger partial charge in [0.15, 0.2) is 0 Å². The normalized spacial score (nSPS) is 13.2. The lowest BCUT2D eigenvalue weighted by atomic mass is 10.7. The molecule has 0 rings (SSSR count). The molecule has 66 valence electrons. The lowest BCUT2D eigenvalue weighted by Gasteiger charge is -2.16. The fraction of sp³-hybridized carbons (Fsp3) is 0.750. The van der Waals surface area contributed by atoms with E-state index in [-0.39, 0.29) is 6.29 Å². The van der Waals surface area contributed by atoms with Crippen LogP contribution >= 0.6 is 11.8 Å². The van der Waals surface area contributed by atoms with Gasteiger partial charge in [-0.1, -0.05) is 11.8 Å². The van der Waals surface area contributed by atoms with Crippen LogP contribution in [0.2, 0.25) is 0 Å². The maximum Gasteiger partial charge on any atom is 0.464 e. The highest BCUT2D eigenvalue weighted by atomic mass is 32.2. The zero-order valence-corrected chi connectivity index (χ0v) is 5.81. The Kier molecular flexibility index (Phi) is 3.28. The molecule has 0 unspecified atom stereocenters. The molecule has 0 heterocycles. The van der Waals surface area contributed by atoms with Crippen molar-refractivity contribution in [2.75, 3.05) is 5.75 Å². The Hall–Kier alpha value is -0.330. The maximum absolute atomic E-state index is 11.8. The van der Waals surface area contributed by atoms with Gasteiger partial charge >= 0.3 is 11.4 Å². The van der Waals surface area contributed by atoms with E-state index in [1.165, 1.54) is 0 Å². The Morgan fingerprint density at radius 2 is 1.64 bits per heavy atom. The first-order chi connectivity index (χ1) is 4.81.